The number of benzene rings is 1. The first-order chi connectivity index (χ1) is 8.82. The number of alkyl halides is 1. The number of aryl methyl sites for hydroxylation is 1. The lowest BCUT2D eigenvalue weighted by atomic mass is 9.86. The van der Waals surface area contributed by atoms with Crippen molar-refractivity contribution in [2.45, 2.75) is 56.6 Å². The smallest absolute Gasteiger partial charge is 0.127 e. The number of rotatable bonds is 3. The van der Waals surface area contributed by atoms with E-state index in [4.69, 9.17) is 9.47 Å². The second-order valence-corrected chi connectivity index (χ2v) is 7.51. The van der Waals surface area contributed by atoms with Gasteiger partial charge in [0.25, 0.3) is 0 Å². The molecule has 0 aromatic heterocycles. The Hall–Kier alpha value is -0.540. The number of hydrogen-bond donors (Lipinski definition) is 0. The minimum Gasteiger partial charge on any atom is -0.487 e. The van der Waals surface area contributed by atoms with Gasteiger partial charge in [0, 0.05) is 18.4 Å². The van der Waals surface area contributed by atoms with Crippen LogP contribution in [-0.4, -0.2) is 24.1 Å². The van der Waals surface area contributed by atoms with Crippen molar-refractivity contribution in [3.8, 4) is 5.75 Å². The summed E-state index contributed by atoms with van der Waals surface area (Å²) in [4.78, 5) is 0.414. The quantitative estimate of drug-likeness (QED) is 0.774. The summed E-state index contributed by atoms with van der Waals surface area (Å²) in [5.74, 6) is 0.972. The molecule has 1 aliphatic carbocycles. The molecule has 0 bridgehead atoms. The van der Waals surface area contributed by atoms with Crippen molar-refractivity contribution in [1.82, 2.24) is 0 Å². The SMILES string of the molecule is COC1C(Br)CC1Oc1ccc(C(C)(C)C)cc1C. The van der Waals surface area contributed by atoms with Crippen molar-refractivity contribution >= 4 is 15.9 Å². The third-order valence-electron chi connectivity index (χ3n) is 3.77. The van der Waals surface area contributed by atoms with Crippen LogP contribution in [0.1, 0.15) is 38.3 Å². The predicted molar refractivity (Wildman–Crippen MR) is 82.4 cm³/mol. The van der Waals surface area contributed by atoms with Gasteiger partial charge in [-0.1, -0.05) is 48.8 Å². The van der Waals surface area contributed by atoms with Crippen LogP contribution in [0.25, 0.3) is 0 Å². The Labute approximate surface area is 124 Å². The fraction of sp³-hybridized carbons (Fsp3) is 0.625. The van der Waals surface area contributed by atoms with E-state index in [-0.39, 0.29) is 17.6 Å². The Balaban J connectivity index is 2.10. The summed E-state index contributed by atoms with van der Waals surface area (Å²) < 4.78 is 11.5. The first-order valence-electron chi connectivity index (χ1n) is 6.77. The first kappa shape index (κ1) is 14.9. The summed E-state index contributed by atoms with van der Waals surface area (Å²) in [5.41, 5.74) is 2.71. The van der Waals surface area contributed by atoms with Crippen LogP contribution in [0, 0.1) is 6.92 Å². The first-order valence-corrected chi connectivity index (χ1v) is 7.69. The van der Waals surface area contributed by atoms with E-state index in [0.717, 1.165) is 12.2 Å². The number of hydrogen-bond acceptors (Lipinski definition) is 2. The van der Waals surface area contributed by atoms with E-state index in [1.807, 2.05) is 0 Å². The summed E-state index contributed by atoms with van der Waals surface area (Å²) in [6.45, 7) is 8.79. The average Bonchev–Trinajstić information content (AvgIpc) is 2.29. The molecule has 106 valence electrons. The summed E-state index contributed by atoms with van der Waals surface area (Å²) in [6.07, 6.45) is 1.31. The number of methoxy groups -OCH3 is 1. The maximum Gasteiger partial charge on any atom is 0.127 e. The van der Waals surface area contributed by atoms with Gasteiger partial charge in [0.05, 0.1) is 0 Å². The molecule has 0 saturated heterocycles. The Kier molecular flexibility index (Phi) is 4.26. The molecule has 3 unspecified atom stereocenters. The average molecular weight is 327 g/mol. The van der Waals surface area contributed by atoms with Crippen molar-refractivity contribution in [3.05, 3.63) is 29.3 Å². The molecular formula is C16H23BrO2. The van der Waals surface area contributed by atoms with Crippen LogP contribution >= 0.6 is 15.9 Å². The molecule has 1 fully saturated rings. The largest absolute Gasteiger partial charge is 0.487 e. The zero-order valence-corrected chi connectivity index (χ0v) is 14.0. The molecule has 2 rings (SSSR count). The predicted octanol–water partition coefficient (Wildman–Crippen LogP) is 4.22. The van der Waals surface area contributed by atoms with Gasteiger partial charge < -0.3 is 9.47 Å². The van der Waals surface area contributed by atoms with Gasteiger partial charge >= 0.3 is 0 Å². The molecule has 0 heterocycles. The monoisotopic (exact) mass is 326 g/mol. The second kappa shape index (κ2) is 5.45. The lowest BCUT2D eigenvalue weighted by Crippen LogP contribution is -2.51. The second-order valence-electron chi connectivity index (χ2n) is 6.34. The molecule has 1 aliphatic rings. The zero-order chi connectivity index (χ0) is 14.2. The molecule has 1 saturated carbocycles. The number of ether oxygens (including phenoxy) is 2. The molecule has 0 radical (unpaired) electrons. The van der Waals surface area contributed by atoms with Crippen LogP contribution in [0.4, 0.5) is 0 Å². The summed E-state index contributed by atoms with van der Waals surface area (Å²) in [7, 11) is 1.74. The molecule has 2 nitrogen and oxygen atoms in total. The standard InChI is InChI=1S/C16H23BrO2/c1-10-8-11(16(2,3)4)6-7-13(10)19-14-9-12(17)15(14)18-5/h6-8,12,14-15H,9H2,1-5H3. The van der Waals surface area contributed by atoms with Gasteiger partial charge in [-0.15, -0.1) is 0 Å². The van der Waals surface area contributed by atoms with Gasteiger partial charge in [-0.3, -0.25) is 0 Å². The van der Waals surface area contributed by atoms with Gasteiger partial charge in [0.2, 0.25) is 0 Å². The van der Waals surface area contributed by atoms with Crippen LogP contribution in [0.15, 0.2) is 18.2 Å². The van der Waals surface area contributed by atoms with Crippen LogP contribution in [-0.2, 0) is 10.2 Å². The highest BCUT2D eigenvalue weighted by molar-refractivity contribution is 9.09. The molecule has 1 aromatic carbocycles. The zero-order valence-electron chi connectivity index (χ0n) is 12.4. The van der Waals surface area contributed by atoms with Gasteiger partial charge in [-0.05, 0) is 29.5 Å². The molecule has 1 aromatic rings. The summed E-state index contributed by atoms with van der Waals surface area (Å²) >= 11 is 3.59. The van der Waals surface area contributed by atoms with E-state index >= 15 is 0 Å². The summed E-state index contributed by atoms with van der Waals surface area (Å²) in [6, 6.07) is 6.47. The maximum absolute atomic E-state index is 6.07. The fourth-order valence-corrected chi connectivity index (χ4v) is 3.28. The highest BCUT2D eigenvalue weighted by Crippen LogP contribution is 2.35. The van der Waals surface area contributed by atoms with Gasteiger partial charge in [0.1, 0.15) is 18.0 Å². The van der Waals surface area contributed by atoms with Crippen LogP contribution in [0.3, 0.4) is 0 Å². The topological polar surface area (TPSA) is 18.5 Å². The Morgan fingerprint density at radius 2 is 1.95 bits per heavy atom. The minimum absolute atomic E-state index is 0.154. The number of halogens is 1. The Morgan fingerprint density at radius 3 is 2.42 bits per heavy atom. The van der Waals surface area contributed by atoms with Crippen molar-refractivity contribution in [1.29, 1.82) is 0 Å². The lowest BCUT2D eigenvalue weighted by Gasteiger charge is -2.40. The van der Waals surface area contributed by atoms with Gasteiger partial charge in [0.15, 0.2) is 0 Å². The van der Waals surface area contributed by atoms with Crippen LogP contribution in [0.5, 0.6) is 5.75 Å². The summed E-state index contributed by atoms with van der Waals surface area (Å²) in [5, 5.41) is 0. The Bertz CT molecular complexity index is 451. The van der Waals surface area contributed by atoms with Crippen molar-refractivity contribution in [3.63, 3.8) is 0 Å². The normalized spacial score (nSPS) is 26.9. The van der Waals surface area contributed by atoms with E-state index in [1.165, 1.54) is 11.1 Å². The van der Waals surface area contributed by atoms with E-state index in [0.29, 0.717) is 4.83 Å². The van der Waals surface area contributed by atoms with Crippen LogP contribution < -0.4 is 4.74 Å². The highest BCUT2D eigenvalue weighted by Gasteiger charge is 2.41. The lowest BCUT2D eigenvalue weighted by molar-refractivity contribution is -0.0547. The van der Waals surface area contributed by atoms with Crippen molar-refractivity contribution in [2.24, 2.45) is 0 Å². The van der Waals surface area contributed by atoms with Gasteiger partial charge in [-0.2, -0.15) is 0 Å². The van der Waals surface area contributed by atoms with Crippen LogP contribution in [0.2, 0.25) is 0 Å². The van der Waals surface area contributed by atoms with Crippen molar-refractivity contribution < 1.29 is 9.47 Å². The third-order valence-corrected chi connectivity index (χ3v) is 4.67. The van der Waals surface area contributed by atoms with E-state index in [1.54, 1.807) is 7.11 Å². The molecule has 3 heteroatoms. The van der Waals surface area contributed by atoms with E-state index in [2.05, 4.69) is 61.8 Å². The molecule has 3 atom stereocenters. The third kappa shape index (κ3) is 3.14. The molecule has 19 heavy (non-hydrogen) atoms. The molecule has 0 amide bonds. The minimum atomic E-state index is 0.154. The molecule has 0 aliphatic heterocycles. The maximum atomic E-state index is 6.07. The molecule has 0 N–H and O–H groups in total. The van der Waals surface area contributed by atoms with E-state index < -0.39 is 0 Å². The van der Waals surface area contributed by atoms with Gasteiger partial charge in [-0.25, -0.2) is 0 Å². The fourth-order valence-electron chi connectivity index (χ4n) is 2.35. The van der Waals surface area contributed by atoms with E-state index in [9.17, 15) is 0 Å². The van der Waals surface area contributed by atoms with Crippen molar-refractivity contribution in [2.75, 3.05) is 7.11 Å². The highest BCUT2D eigenvalue weighted by atomic mass is 79.9. The molecule has 0 spiro atoms. The Morgan fingerprint density at radius 1 is 1.26 bits per heavy atom. The molecular weight excluding hydrogens is 304 g/mol.